The fraction of sp³-hybridized carbons (Fsp3) is 0.588. The third-order valence-corrected chi connectivity index (χ3v) is 4.03. The summed E-state index contributed by atoms with van der Waals surface area (Å²) in [5, 5.41) is 3.86. The lowest BCUT2D eigenvalue weighted by atomic mass is 9.94. The Morgan fingerprint density at radius 2 is 1.81 bits per heavy atom. The Bertz CT molecular complexity index is 471. The van der Waals surface area contributed by atoms with Gasteiger partial charge in [0.2, 0.25) is 5.91 Å². The molecule has 1 aliphatic heterocycles. The van der Waals surface area contributed by atoms with Gasteiger partial charge in [-0.1, -0.05) is 23.7 Å². The van der Waals surface area contributed by atoms with Crippen molar-refractivity contribution in [1.29, 1.82) is 0 Å². The first-order valence-electron chi connectivity index (χ1n) is 7.62. The van der Waals surface area contributed by atoms with E-state index in [9.17, 15) is 4.79 Å². The third kappa shape index (κ3) is 5.33. The summed E-state index contributed by atoms with van der Waals surface area (Å²) < 4.78 is 0. The Morgan fingerprint density at radius 1 is 1.24 bits per heavy atom. The van der Waals surface area contributed by atoms with Crippen molar-refractivity contribution in [2.45, 2.75) is 45.7 Å². The average molecular weight is 309 g/mol. The maximum Gasteiger partial charge on any atom is 0.223 e. The summed E-state index contributed by atoms with van der Waals surface area (Å²) in [7, 11) is 0. The van der Waals surface area contributed by atoms with E-state index in [2.05, 4.69) is 22.3 Å². The molecule has 0 bridgehead atoms. The van der Waals surface area contributed by atoms with Gasteiger partial charge in [0.1, 0.15) is 0 Å². The topological polar surface area (TPSA) is 32.3 Å². The molecule has 0 aliphatic carbocycles. The van der Waals surface area contributed by atoms with Crippen LogP contribution in [0.5, 0.6) is 0 Å². The first-order valence-corrected chi connectivity index (χ1v) is 8.00. The van der Waals surface area contributed by atoms with Gasteiger partial charge in [0.25, 0.3) is 0 Å². The summed E-state index contributed by atoms with van der Waals surface area (Å²) in [6, 6.07) is 8.00. The normalized spacial score (nSPS) is 17.7. The fourth-order valence-corrected chi connectivity index (χ4v) is 2.80. The molecule has 2 rings (SSSR count). The molecule has 0 spiro atoms. The van der Waals surface area contributed by atoms with Gasteiger partial charge >= 0.3 is 0 Å². The second-order valence-corrected chi connectivity index (χ2v) is 7.35. The molecule has 0 unspecified atom stereocenters. The molecule has 0 aromatic heterocycles. The van der Waals surface area contributed by atoms with Crippen LogP contribution in [0.4, 0.5) is 0 Å². The highest BCUT2D eigenvalue weighted by Gasteiger charge is 2.27. The van der Waals surface area contributed by atoms with Gasteiger partial charge in [0.15, 0.2) is 0 Å². The monoisotopic (exact) mass is 308 g/mol. The number of halogens is 1. The number of benzene rings is 1. The van der Waals surface area contributed by atoms with E-state index in [0.717, 1.165) is 37.5 Å². The van der Waals surface area contributed by atoms with Crippen LogP contribution in [0.15, 0.2) is 24.3 Å². The van der Waals surface area contributed by atoms with Gasteiger partial charge in [-0.15, -0.1) is 0 Å². The molecule has 1 heterocycles. The lowest BCUT2D eigenvalue weighted by molar-refractivity contribution is -0.127. The summed E-state index contributed by atoms with van der Waals surface area (Å²) in [6.45, 7) is 8.97. The maximum absolute atomic E-state index is 12.2. The number of carbonyl (C=O) groups excluding carboxylic acids is 1. The molecule has 3 nitrogen and oxygen atoms in total. The number of carbonyl (C=O) groups is 1. The summed E-state index contributed by atoms with van der Waals surface area (Å²) in [6.07, 6.45) is 1.88. The Morgan fingerprint density at radius 3 is 2.33 bits per heavy atom. The van der Waals surface area contributed by atoms with Crippen molar-refractivity contribution in [3.63, 3.8) is 0 Å². The van der Waals surface area contributed by atoms with Gasteiger partial charge in [0, 0.05) is 23.0 Å². The minimum atomic E-state index is -0.141. The molecule has 1 aromatic carbocycles. The van der Waals surface area contributed by atoms with E-state index in [4.69, 9.17) is 11.6 Å². The van der Waals surface area contributed by atoms with Crippen LogP contribution >= 0.6 is 11.6 Å². The van der Waals surface area contributed by atoms with E-state index < -0.39 is 0 Å². The highest BCUT2D eigenvalue weighted by Crippen LogP contribution is 2.20. The van der Waals surface area contributed by atoms with Crippen molar-refractivity contribution in [2.24, 2.45) is 5.92 Å². The van der Waals surface area contributed by atoms with Crippen molar-refractivity contribution < 1.29 is 4.79 Å². The number of nitrogens with zero attached hydrogens (tertiary/aromatic N) is 1. The highest BCUT2D eigenvalue weighted by atomic mass is 35.5. The van der Waals surface area contributed by atoms with Gasteiger partial charge in [-0.25, -0.2) is 0 Å². The highest BCUT2D eigenvalue weighted by molar-refractivity contribution is 6.30. The minimum Gasteiger partial charge on any atom is -0.351 e. The predicted molar refractivity (Wildman–Crippen MR) is 87.3 cm³/mol. The number of hydrogen-bond acceptors (Lipinski definition) is 2. The van der Waals surface area contributed by atoms with Crippen LogP contribution in [0.3, 0.4) is 0 Å². The van der Waals surface area contributed by atoms with Crippen molar-refractivity contribution in [3.8, 4) is 0 Å². The van der Waals surface area contributed by atoms with Crippen molar-refractivity contribution in [2.75, 3.05) is 13.1 Å². The Labute approximate surface area is 132 Å². The summed E-state index contributed by atoms with van der Waals surface area (Å²) in [4.78, 5) is 14.6. The van der Waals surface area contributed by atoms with E-state index in [0.29, 0.717) is 0 Å². The number of piperidine rings is 1. The largest absolute Gasteiger partial charge is 0.351 e. The fourth-order valence-electron chi connectivity index (χ4n) is 2.67. The van der Waals surface area contributed by atoms with Crippen LogP contribution in [0.1, 0.15) is 39.2 Å². The molecular weight excluding hydrogens is 284 g/mol. The molecule has 21 heavy (non-hydrogen) atoms. The summed E-state index contributed by atoms with van der Waals surface area (Å²) in [5.74, 6) is 0.360. The SMILES string of the molecule is CC(C)(C)NC(=O)C1CCN(Cc2ccc(Cl)cc2)CC1. The molecule has 4 heteroatoms. The zero-order valence-electron chi connectivity index (χ0n) is 13.2. The molecule has 116 valence electrons. The summed E-state index contributed by atoms with van der Waals surface area (Å²) in [5.41, 5.74) is 1.13. The Balaban J connectivity index is 1.80. The smallest absolute Gasteiger partial charge is 0.223 e. The maximum atomic E-state index is 12.2. The number of rotatable bonds is 3. The molecule has 0 saturated carbocycles. The van der Waals surface area contributed by atoms with E-state index in [1.807, 2.05) is 32.9 Å². The molecule has 0 atom stereocenters. The molecule has 1 saturated heterocycles. The van der Waals surface area contributed by atoms with Crippen LogP contribution in [0, 0.1) is 5.92 Å². The molecule has 1 aliphatic rings. The zero-order valence-corrected chi connectivity index (χ0v) is 13.9. The Kier molecular flexibility index (Phi) is 5.28. The van der Waals surface area contributed by atoms with Crippen LogP contribution in [0.25, 0.3) is 0 Å². The minimum absolute atomic E-state index is 0.141. The lowest BCUT2D eigenvalue weighted by Crippen LogP contribution is -2.46. The summed E-state index contributed by atoms with van der Waals surface area (Å²) >= 11 is 5.90. The number of hydrogen-bond donors (Lipinski definition) is 1. The van der Waals surface area contributed by atoms with E-state index in [-0.39, 0.29) is 17.4 Å². The van der Waals surface area contributed by atoms with E-state index in [1.54, 1.807) is 0 Å². The average Bonchev–Trinajstić information content (AvgIpc) is 2.40. The van der Waals surface area contributed by atoms with Crippen molar-refractivity contribution in [1.82, 2.24) is 10.2 Å². The third-order valence-electron chi connectivity index (χ3n) is 3.78. The molecule has 1 aromatic rings. The van der Waals surface area contributed by atoms with Crippen LogP contribution in [0.2, 0.25) is 5.02 Å². The van der Waals surface area contributed by atoms with Gasteiger partial charge in [-0.2, -0.15) is 0 Å². The van der Waals surface area contributed by atoms with Crippen LogP contribution in [-0.2, 0) is 11.3 Å². The quantitative estimate of drug-likeness (QED) is 0.927. The van der Waals surface area contributed by atoms with Gasteiger partial charge in [0.05, 0.1) is 0 Å². The van der Waals surface area contributed by atoms with Crippen molar-refractivity contribution >= 4 is 17.5 Å². The van der Waals surface area contributed by atoms with E-state index in [1.165, 1.54) is 5.56 Å². The molecule has 0 radical (unpaired) electrons. The molecule has 1 amide bonds. The second-order valence-electron chi connectivity index (χ2n) is 6.92. The van der Waals surface area contributed by atoms with Gasteiger partial charge < -0.3 is 5.32 Å². The van der Waals surface area contributed by atoms with Gasteiger partial charge in [-0.05, 0) is 64.4 Å². The lowest BCUT2D eigenvalue weighted by Gasteiger charge is -2.33. The van der Waals surface area contributed by atoms with Crippen molar-refractivity contribution in [3.05, 3.63) is 34.9 Å². The molecule has 1 N–H and O–H groups in total. The standard InChI is InChI=1S/C17H25ClN2O/c1-17(2,3)19-16(21)14-8-10-20(11-9-14)12-13-4-6-15(18)7-5-13/h4-7,14H,8-12H2,1-3H3,(H,19,21). The number of likely N-dealkylation sites (tertiary alicyclic amines) is 1. The predicted octanol–water partition coefficient (Wildman–Crippen LogP) is 3.47. The first-order chi connectivity index (χ1) is 9.83. The van der Waals surface area contributed by atoms with Crippen LogP contribution in [-0.4, -0.2) is 29.4 Å². The Hall–Kier alpha value is -1.06. The van der Waals surface area contributed by atoms with Crippen LogP contribution < -0.4 is 5.32 Å². The number of amides is 1. The van der Waals surface area contributed by atoms with Gasteiger partial charge in [-0.3, -0.25) is 9.69 Å². The number of nitrogens with one attached hydrogen (secondary N) is 1. The zero-order chi connectivity index (χ0) is 15.5. The second kappa shape index (κ2) is 6.80. The molecular formula is C17H25ClN2O. The molecule has 1 fully saturated rings. The first kappa shape index (κ1) is 16.3. The van der Waals surface area contributed by atoms with E-state index >= 15 is 0 Å².